The van der Waals surface area contributed by atoms with E-state index in [4.69, 9.17) is 49.8 Å². The molecule has 0 aliphatic rings. The van der Waals surface area contributed by atoms with Crippen molar-refractivity contribution in [2.45, 2.75) is 12.5 Å². The Morgan fingerprint density at radius 2 is 1.81 bits per heavy atom. The minimum atomic E-state index is -1.25. The van der Waals surface area contributed by atoms with Crippen molar-refractivity contribution in [3.05, 3.63) is 27.2 Å². The highest BCUT2D eigenvalue weighted by atomic mass is 35.5. The molecule has 1 aromatic rings. The Bertz CT molecular complexity index is 538. The molecule has 1 atom stereocenters. The van der Waals surface area contributed by atoms with Gasteiger partial charge in [0.05, 0.1) is 15.1 Å². The highest BCUT2D eigenvalue weighted by Gasteiger charge is 2.19. The third-order valence-corrected chi connectivity index (χ3v) is 3.40. The molecule has 1 aromatic carbocycles. The largest absolute Gasteiger partial charge is 0.482 e. The van der Waals surface area contributed by atoms with Gasteiger partial charge in [0.25, 0.3) is 5.91 Å². The van der Waals surface area contributed by atoms with E-state index >= 15 is 0 Å². The van der Waals surface area contributed by atoms with Gasteiger partial charge in [-0.25, -0.2) is 4.79 Å². The zero-order chi connectivity index (χ0) is 16.0. The molecule has 21 heavy (non-hydrogen) atoms. The summed E-state index contributed by atoms with van der Waals surface area (Å²) in [5, 5.41) is 20.4. The molecule has 0 saturated carbocycles. The number of ether oxygens (including phenoxy) is 1. The highest BCUT2D eigenvalue weighted by Crippen LogP contribution is 2.33. The Balaban J connectivity index is 2.60. The van der Waals surface area contributed by atoms with E-state index in [-0.39, 0.29) is 33.8 Å². The first-order valence-corrected chi connectivity index (χ1v) is 6.89. The van der Waals surface area contributed by atoms with Gasteiger partial charge < -0.3 is 20.3 Å². The van der Waals surface area contributed by atoms with Crippen LogP contribution in [0.5, 0.6) is 5.75 Å². The number of benzene rings is 1. The average molecular weight is 357 g/mol. The molecule has 0 unspecified atom stereocenters. The standard InChI is InChI=1S/C12H12Cl3NO5/c13-6-3-8(15)10(4-7(6)14)21-5-11(18)16-9(1-2-17)12(19)20/h3-4,9,17H,1-2,5H2,(H,16,18)(H,19,20)/t9-/m0/s1. The van der Waals surface area contributed by atoms with Crippen molar-refractivity contribution in [1.29, 1.82) is 0 Å². The van der Waals surface area contributed by atoms with Crippen LogP contribution >= 0.6 is 34.8 Å². The highest BCUT2D eigenvalue weighted by molar-refractivity contribution is 6.43. The third-order valence-electron chi connectivity index (χ3n) is 2.38. The minimum Gasteiger partial charge on any atom is -0.482 e. The molecule has 0 aliphatic carbocycles. The number of carboxylic acids is 1. The molecule has 1 rings (SSSR count). The summed E-state index contributed by atoms with van der Waals surface area (Å²) in [6.45, 7) is -0.816. The summed E-state index contributed by atoms with van der Waals surface area (Å²) < 4.78 is 5.15. The first-order chi connectivity index (χ1) is 9.85. The Kier molecular flexibility index (Phi) is 7.04. The van der Waals surface area contributed by atoms with Gasteiger partial charge in [0.1, 0.15) is 11.8 Å². The van der Waals surface area contributed by atoms with Gasteiger partial charge in [-0.3, -0.25) is 4.79 Å². The van der Waals surface area contributed by atoms with E-state index in [2.05, 4.69) is 5.32 Å². The SMILES string of the molecule is O=C(COc1cc(Cl)c(Cl)cc1Cl)N[C@@H](CCO)C(=O)O. The van der Waals surface area contributed by atoms with E-state index in [1.807, 2.05) is 0 Å². The number of halogens is 3. The number of carbonyl (C=O) groups is 2. The van der Waals surface area contributed by atoms with Crippen molar-refractivity contribution in [2.75, 3.05) is 13.2 Å². The maximum atomic E-state index is 11.6. The summed E-state index contributed by atoms with van der Waals surface area (Å²) in [6.07, 6.45) is -0.103. The van der Waals surface area contributed by atoms with Crippen LogP contribution in [-0.4, -0.2) is 41.3 Å². The summed E-state index contributed by atoms with van der Waals surface area (Å²) in [4.78, 5) is 22.4. The number of amides is 1. The Hall–Kier alpha value is -1.21. The van der Waals surface area contributed by atoms with Crippen LogP contribution in [0, 0.1) is 0 Å². The van der Waals surface area contributed by atoms with Crippen molar-refractivity contribution in [3.8, 4) is 5.75 Å². The van der Waals surface area contributed by atoms with Gasteiger partial charge in [-0.1, -0.05) is 34.8 Å². The molecule has 0 radical (unpaired) electrons. The fraction of sp³-hybridized carbons (Fsp3) is 0.333. The molecule has 9 heteroatoms. The molecule has 1 amide bonds. The Labute approximate surface area is 135 Å². The summed E-state index contributed by atoms with van der Waals surface area (Å²) in [6, 6.07) is 1.53. The van der Waals surface area contributed by atoms with Crippen molar-refractivity contribution in [2.24, 2.45) is 0 Å². The van der Waals surface area contributed by atoms with Crippen LogP contribution in [-0.2, 0) is 9.59 Å². The number of hydrogen-bond donors (Lipinski definition) is 3. The van der Waals surface area contributed by atoms with Gasteiger partial charge in [-0.15, -0.1) is 0 Å². The molecular weight excluding hydrogens is 344 g/mol. The summed E-state index contributed by atoms with van der Waals surface area (Å²) in [5.41, 5.74) is 0. The van der Waals surface area contributed by atoms with Crippen LogP contribution in [0.3, 0.4) is 0 Å². The fourth-order valence-electron chi connectivity index (χ4n) is 1.38. The van der Waals surface area contributed by atoms with Crippen LogP contribution in [0.15, 0.2) is 12.1 Å². The normalized spacial score (nSPS) is 11.8. The number of carboxylic acid groups (broad SMARTS) is 1. The molecule has 0 spiro atoms. The van der Waals surface area contributed by atoms with Gasteiger partial charge in [-0.05, 0) is 6.07 Å². The second-order valence-corrected chi connectivity index (χ2v) is 5.18. The lowest BCUT2D eigenvalue weighted by Gasteiger charge is -2.14. The Morgan fingerprint density at radius 3 is 2.38 bits per heavy atom. The van der Waals surface area contributed by atoms with E-state index in [1.54, 1.807) is 0 Å². The van der Waals surface area contributed by atoms with E-state index < -0.39 is 24.5 Å². The van der Waals surface area contributed by atoms with Crippen molar-refractivity contribution >= 4 is 46.7 Å². The van der Waals surface area contributed by atoms with Gasteiger partial charge in [0.15, 0.2) is 6.61 Å². The number of aliphatic hydroxyl groups excluding tert-OH is 1. The average Bonchev–Trinajstić information content (AvgIpc) is 2.40. The van der Waals surface area contributed by atoms with Crippen molar-refractivity contribution in [3.63, 3.8) is 0 Å². The van der Waals surface area contributed by atoms with Crippen LogP contribution in [0.25, 0.3) is 0 Å². The van der Waals surface area contributed by atoms with E-state index in [0.717, 1.165) is 0 Å². The lowest BCUT2D eigenvalue weighted by atomic mass is 10.2. The first-order valence-electron chi connectivity index (χ1n) is 5.75. The molecule has 0 aromatic heterocycles. The zero-order valence-corrected chi connectivity index (χ0v) is 12.9. The van der Waals surface area contributed by atoms with E-state index in [9.17, 15) is 9.59 Å². The molecule has 0 saturated heterocycles. The van der Waals surface area contributed by atoms with Gasteiger partial charge in [-0.2, -0.15) is 0 Å². The van der Waals surface area contributed by atoms with E-state index in [1.165, 1.54) is 12.1 Å². The van der Waals surface area contributed by atoms with E-state index in [0.29, 0.717) is 0 Å². The predicted molar refractivity (Wildman–Crippen MR) is 78.2 cm³/mol. The second kappa shape index (κ2) is 8.29. The predicted octanol–water partition coefficient (Wildman–Crippen LogP) is 1.98. The monoisotopic (exact) mass is 355 g/mol. The number of rotatable bonds is 7. The first kappa shape index (κ1) is 17.8. The van der Waals surface area contributed by atoms with Crippen molar-refractivity contribution < 1.29 is 24.5 Å². The van der Waals surface area contributed by atoms with Crippen LogP contribution in [0.4, 0.5) is 0 Å². The van der Waals surface area contributed by atoms with Gasteiger partial charge >= 0.3 is 5.97 Å². The molecule has 0 bridgehead atoms. The second-order valence-electron chi connectivity index (χ2n) is 3.96. The lowest BCUT2D eigenvalue weighted by Crippen LogP contribution is -2.43. The molecular formula is C12H12Cl3NO5. The summed E-state index contributed by atoms with van der Waals surface area (Å²) in [5.74, 6) is -1.77. The maximum absolute atomic E-state index is 11.6. The van der Waals surface area contributed by atoms with Crippen molar-refractivity contribution in [1.82, 2.24) is 5.32 Å². The van der Waals surface area contributed by atoms with Crippen LogP contribution < -0.4 is 10.1 Å². The number of aliphatic hydroxyl groups is 1. The fourth-order valence-corrected chi connectivity index (χ4v) is 1.97. The number of aliphatic carboxylic acids is 1. The zero-order valence-electron chi connectivity index (χ0n) is 10.6. The number of nitrogens with one attached hydrogen (secondary N) is 1. The van der Waals surface area contributed by atoms with Crippen LogP contribution in [0.2, 0.25) is 15.1 Å². The third kappa shape index (κ3) is 5.59. The molecule has 0 heterocycles. The molecule has 6 nitrogen and oxygen atoms in total. The molecule has 116 valence electrons. The molecule has 0 fully saturated rings. The number of hydrogen-bond acceptors (Lipinski definition) is 4. The maximum Gasteiger partial charge on any atom is 0.326 e. The molecule has 0 aliphatic heterocycles. The van der Waals surface area contributed by atoms with Gasteiger partial charge in [0.2, 0.25) is 0 Å². The Morgan fingerprint density at radius 1 is 1.19 bits per heavy atom. The summed E-state index contributed by atoms with van der Waals surface area (Å²) in [7, 11) is 0. The smallest absolute Gasteiger partial charge is 0.326 e. The molecule has 3 N–H and O–H groups in total. The lowest BCUT2D eigenvalue weighted by molar-refractivity contribution is -0.142. The van der Waals surface area contributed by atoms with Gasteiger partial charge in [0, 0.05) is 19.1 Å². The quantitative estimate of drug-likeness (QED) is 0.649. The van der Waals surface area contributed by atoms with Crippen LogP contribution in [0.1, 0.15) is 6.42 Å². The number of carbonyl (C=O) groups excluding carboxylic acids is 1. The minimum absolute atomic E-state index is 0.103. The summed E-state index contributed by atoms with van der Waals surface area (Å²) >= 11 is 17.4. The topological polar surface area (TPSA) is 95.9 Å².